The van der Waals surface area contributed by atoms with Gasteiger partial charge in [0.05, 0.1) is 5.39 Å². The van der Waals surface area contributed by atoms with E-state index in [1.54, 1.807) is 29.9 Å². The van der Waals surface area contributed by atoms with Crippen molar-refractivity contribution in [1.29, 1.82) is 0 Å². The van der Waals surface area contributed by atoms with Crippen LogP contribution in [0.4, 0.5) is 5.69 Å². The summed E-state index contributed by atoms with van der Waals surface area (Å²) in [4.78, 5) is 30.2. The molecule has 3 aromatic heterocycles. The summed E-state index contributed by atoms with van der Waals surface area (Å²) in [6.07, 6.45) is 1.76. The molecule has 0 unspecified atom stereocenters. The van der Waals surface area contributed by atoms with E-state index in [4.69, 9.17) is 0 Å². The summed E-state index contributed by atoms with van der Waals surface area (Å²) < 4.78 is 3.18. The van der Waals surface area contributed by atoms with Crippen molar-refractivity contribution in [3.05, 3.63) is 75.8 Å². The highest BCUT2D eigenvalue weighted by atomic mass is 16.2. The summed E-state index contributed by atoms with van der Waals surface area (Å²) in [5, 5.41) is 3.32. The molecule has 28 heavy (non-hydrogen) atoms. The van der Waals surface area contributed by atoms with E-state index in [0.29, 0.717) is 34.0 Å². The molecular formula is C22H22N4O2. The van der Waals surface area contributed by atoms with Crippen molar-refractivity contribution < 1.29 is 4.79 Å². The second kappa shape index (κ2) is 6.64. The Hall–Kier alpha value is -3.41. The third-order valence-electron chi connectivity index (χ3n) is 5.01. The Morgan fingerprint density at radius 1 is 1.11 bits per heavy atom. The van der Waals surface area contributed by atoms with Gasteiger partial charge in [-0.3, -0.25) is 14.0 Å². The molecular weight excluding hydrogens is 352 g/mol. The number of fused-ring (bicyclic) bond motifs is 2. The second-order valence-electron chi connectivity index (χ2n) is 7.41. The van der Waals surface area contributed by atoms with Crippen molar-refractivity contribution in [3.8, 4) is 0 Å². The summed E-state index contributed by atoms with van der Waals surface area (Å²) in [7, 11) is 1.75. The molecule has 1 amide bonds. The lowest BCUT2D eigenvalue weighted by molar-refractivity contribution is 0.101. The van der Waals surface area contributed by atoms with Gasteiger partial charge in [-0.1, -0.05) is 32.0 Å². The minimum Gasteiger partial charge on any atom is -0.324 e. The van der Waals surface area contributed by atoms with Gasteiger partial charge in [-0.15, -0.1) is 0 Å². The number of hydrogen-bond donors (Lipinski definition) is 1. The molecule has 0 aliphatic carbocycles. The molecule has 4 rings (SSSR count). The van der Waals surface area contributed by atoms with Gasteiger partial charge in [0.15, 0.2) is 0 Å². The molecule has 0 spiro atoms. The Morgan fingerprint density at radius 2 is 1.82 bits per heavy atom. The maximum absolute atomic E-state index is 12.9. The minimum absolute atomic E-state index is 0.181. The predicted molar refractivity (Wildman–Crippen MR) is 111 cm³/mol. The number of benzene rings is 1. The SMILES string of the molecule is Cc1ccc2nc3c(cc(C(=O)Nc4ccc(C(C)C)cc4)n3C)c(=O)n2c1. The molecule has 142 valence electrons. The van der Waals surface area contributed by atoms with E-state index in [-0.39, 0.29) is 11.5 Å². The van der Waals surface area contributed by atoms with E-state index >= 15 is 0 Å². The standard InChI is InChI=1S/C22H22N4O2/c1-13(2)15-6-8-16(9-7-15)23-21(27)18-11-17-20(25(18)4)24-19-10-5-14(3)12-26(19)22(17)28/h5-13H,1-4H3,(H,23,27). The van der Waals surface area contributed by atoms with Crippen LogP contribution in [0.1, 0.15) is 41.4 Å². The second-order valence-corrected chi connectivity index (χ2v) is 7.41. The molecule has 0 saturated carbocycles. The van der Waals surface area contributed by atoms with Gasteiger partial charge in [-0.2, -0.15) is 0 Å². The number of aryl methyl sites for hydroxylation is 2. The zero-order chi connectivity index (χ0) is 20.0. The molecule has 0 aliphatic heterocycles. The zero-order valence-electron chi connectivity index (χ0n) is 16.4. The molecule has 0 fully saturated rings. The van der Waals surface area contributed by atoms with Crippen LogP contribution in [0.25, 0.3) is 16.7 Å². The monoisotopic (exact) mass is 374 g/mol. The Kier molecular flexibility index (Phi) is 4.26. The molecule has 0 saturated heterocycles. The number of nitrogens with zero attached hydrogens (tertiary/aromatic N) is 3. The van der Waals surface area contributed by atoms with E-state index in [0.717, 1.165) is 5.56 Å². The Balaban J connectivity index is 1.75. The molecule has 0 aliphatic rings. The summed E-state index contributed by atoms with van der Waals surface area (Å²) in [6.45, 7) is 6.17. The Labute approximate surface area is 162 Å². The van der Waals surface area contributed by atoms with E-state index in [2.05, 4.69) is 24.1 Å². The lowest BCUT2D eigenvalue weighted by Crippen LogP contribution is -2.16. The molecule has 4 aromatic rings. The van der Waals surface area contributed by atoms with E-state index in [9.17, 15) is 9.59 Å². The van der Waals surface area contributed by atoms with Crippen LogP contribution in [-0.4, -0.2) is 19.9 Å². The van der Waals surface area contributed by atoms with Crippen LogP contribution in [0.15, 0.2) is 53.5 Å². The highest BCUT2D eigenvalue weighted by molar-refractivity contribution is 6.06. The first-order valence-electron chi connectivity index (χ1n) is 9.25. The van der Waals surface area contributed by atoms with Gasteiger partial charge in [0, 0.05) is 18.9 Å². The van der Waals surface area contributed by atoms with Crippen LogP contribution in [0.2, 0.25) is 0 Å². The van der Waals surface area contributed by atoms with Crippen molar-refractivity contribution in [3.63, 3.8) is 0 Å². The fraction of sp³-hybridized carbons (Fsp3) is 0.227. The van der Waals surface area contributed by atoms with Gasteiger partial charge >= 0.3 is 0 Å². The lowest BCUT2D eigenvalue weighted by Gasteiger charge is -2.09. The fourth-order valence-corrected chi connectivity index (χ4v) is 3.34. The third kappa shape index (κ3) is 2.97. The van der Waals surface area contributed by atoms with E-state index in [1.165, 1.54) is 9.96 Å². The number of anilines is 1. The number of aromatic nitrogens is 3. The maximum atomic E-state index is 12.9. The van der Waals surface area contributed by atoms with E-state index in [1.807, 2.05) is 37.3 Å². The van der Waals surface area contributed by atoms with Gasteiger partial charge in [0.1, 0.15) is 17.0 Å². The average molecular weight is 374 g/mol. The number of hydrogen-bond acceptors (Lipinski definition) is 3. The number of pyridine rings is 1. The molecule has 6 heteroatoms. The van der Waals surface area contributed by atoms with Gasteiger partial charge in [-0.05, 0) is 48.2 Å². The van der Waals surface area contributed by atoms with Crippen LogP contribution in [0.5, 0.6) is 0 Å². The molecule has 0 radical (unpaired) electrons. The molecule has 3 heterocycles. The van der Waals surface area contributed by atoms with E-state index < -0.39 is 0 Å². The van der Waals surface area contributed by atoms with Crippen molar-refractivity contribution in [2.24, 2.45) is 7.05 Å². The Morgan fingerprint density at radius 3 is 2.50 bits per heavy atom. The lowest BCUT2D eigenvalue weighted by atomic mass is 10.0. The van der Waals surface area contributed by atoms with Crippen molar-refractivity contribution in [1.82, 2.24) is 14.0 Å². The zero-order valence-corrected chi connectivity index (χ0v) is 16.4. The van der Waals surface area contributed by atoms with Crippen LogP contribution < -0.4 is 10.9 Å². The average Bonchev–Trinajstić information content (AvgIpc) is 3.00. The normalized spacial score (nSPS) is 11.5. The van der Waals surface area contributed by atoms with Gasteiger partial charge < -0.3 is 9.88 Å². The van der Waals surface area contributed by atoms with Crippen molar-refractivity contribution in [2.45, 2.75) is 26.7 Å². The minimum atomic E-state index is -0.276. The summed E-state index contributed by atoms with van der Waals surface area (Å²) in [5.74, 6) is 0.155. The number of carbonyl (C=O) groups excluding carboxylic acids is 1. The number of amides is 1. The van der Waals surface area contributed by atoms with Crippen LogP contribution in [-0.2, 0) is 7.05 Å². The summed E-state index contributed by atoms with van der Waals surface area (Å²) in [5.41, 5.74) is 4.15. The Bertz CT molecular complexity index is 1260. The highest BCUT2D eigenvalue weighted by Crippen LogP contribution is 2.19. The van der Waals surface area contributed by atoms with Crippen molar-refractivity contribution in [2.75, 3.05) is 5.32 Å². The first-order valence-corrected chi connectivity index (χ1v) is 9.25. The van der Waals surface area contributed by atoms with Crippen LogP contribution in [0, 0.1) is 6.92 Å². The van der Waals surface area contributed by atoms with Gasteiger partial charge in [0.2, 0.25) is 0 Å². The van der Waals surface area contributed by atoms with Crippen molar-refractivity contribution >= 4 is 28.3 Å². The third-order valence-corrected chi connectivity index (χ3v) is 5.01. The summed E-state index contributed by atoms with van der Waals surface area (Å²) >= 11 is 0. The quantitative estimate of drug-likeness (QED) is 0.592. The summed E-state index contributed by atoms with van der Waals surface area (Å²) in [6, 6.07) is 13.1. The molecule has 0 atom stereocenters. The predicted octanol–water partition coefficient (Wildman–Crippen LogP) is 3.87. The topological polar surface area (TPSA) is 68.4 Å². The van der Waals surface area contributed by atoms with Gasteiger partial charge in [-0.25, -0.2) is 4.98 Å². The first kappa shape index (κ1) is 18.0. The molecule has 1 aromatic carbocycles. The van der Waals surface area contributed by atoms with Crippen LogP contribution >= 0.6 is 0 Å². The molecule has 6 nitrogen and oxygen atoms in total. The number of carbonyl (C=O) groups is 1. The first-order chi connectivity index (χ1) is 13.3. The smallest absolute Gasteiger partial charge is 0.272 e. The largest absolute Gasteiger partial charge is 0.324 e. The fourth-order valence-electron chi connectivity index (χ4n) is 3.34. The van der Waals surface area contributed by atoms with Crippen LogP contribution in [0.3, 0.4) is 0 Å². The highest BCUT2D eigenvalue weighted by Gasteiger charge is 2.18. The molecule has 0 bridgehead atoms. The van der Waals surface area contributed by atoms with Gasteiger partial charge in [0.25, 0.3) is 11.5 Å². The number of nitrogens with one attached hydrogen (secondary N) is 1. The maximum Gasteiger partial charge on any atom is 0.272 e. The number of rotatable bonds is 3. The molecule has 1 N–H and O–H groups in total.